The molecule has 0 spiro atoms. The van der Waals surface area contributed by atoms with Crippen LogP contribution in [0, 0.1) is 0 Å². The summed E-state index contributed by atoms with van der Waals surface area (Å²) in [5.74, 6) is 0.222. The second kappa shape index (κ2) is 5.61. The third kappa shape index (κ3) is 2.58. The molecule has 3 nitrogen and oxygen atoms in total. The Bertz CT molecular complexity index is 377. The number of carbonyl (C=O) groups excluding carboxylic acids is 1. The molecule has 0 heterocycles. The van der Waals surface area contributed by atoms with Crippen LogP contribution in [0.15, 0.2) is 18.2 Å². The molecule has 0 aliphatic carbocycles. The summed E-state index contributed by atoms with van der Waals surface area (Å²) in [4.78, 5) is 11.8. The van der Waals surface area contributed by atoms with Crippen molar-refractivity contribution in [1.82, 2.24) is 0 Å². The minimum atomic E-state index is -1.20. The fourth-order valence-corrected chi connectivity index (χ4v) is 1.60. The topological polar surface area (TPSA) is 52.3 Å². The third-order valence-corrected chi connectivity index (χ3v) is 2.36. The molecule has 16 heavy (non-hydrogen) atoms. The van der Waals surface area contributed by atoms with Crippen LogP contribution in [0.5, 0.6) is 5.75 Å². The first kappa shape index (κ1) is 12.6. The van der Waals surface area contributed by atoms with Gasteiger partial charge >= 0.3 is 0 Å². The maximum Gasteiger partial charge on any atom is 0.168 e. The number of halogens is 1. The van der Waals surface area contributed by atoms with E-state index in [0.717, 1.165) is 0 Å². The average molecular weight is 225 g/mol. The SMILES string of the molecule is COc1cccc(C(C)F)c1C(=O)CCN. The van der Waals surface area contributed by atoms with Crippen LogP contribution in [0.25, 0.3) is 0 Å². The van der Waals surface area contributed by atoms with Gasteiger partial charge in [-0.15, -0.1) is 0 Å². The summed E-state index contributed by atoms with van der Waals surface area (Å²) in [6, 6.07) is 4.91. The predicted molar refractivity (Wildman–Crippen MR) is 60.5 cm³/mol. The van der Waals surface area contributed by atoms with Crippen LogP contribution < -0.4 is 10.5 Å². The van der Waals surface area contributed by atoms with Crippen LogP contribution >= 0.6 is 0 Å². The van der Waals surface area contributed by atoms with Crippen molar-refractivity contribution in [3.63, 3.8) is 0 Å². The second-order valence-electron chi connectivity index (χ2n) is 3.50. The number of benzene rings is 1. The van der Waals surface area contributed by atoms with Crippen molar-refractivity contribution in [1.29, 1.82) is 0 Å². The van der Waals surface area contributed by atoms with Crippen LogP contribution in [-0.4, -0.2) is 19.4 Å². The molecule has 0 radical (unpaired) electrons. The van der Waals surface area contributed by atoms with E-state index in [1.165, 1.54) is 14.0 Å². The van der Waals surface area contributed by atoms with Gasteiger partial charge in [0.2, 0.25) is 0 Å². The Morgan fingerprint density at radius 2 is 2.25 bits per heavy atom. The molecule has 0 fully saturated rings. The van der Waals surface area contributed by atoms with E-state index in [4.69, 9.17) is 10.5 Å². The van der Waals surface area contributed by atoms with Crippen molar-refractivity contribution in [3.05, 3.63) is 29.3 Å². The van der Waals surface area contributed by atoms with E-state index in [-0.39, 0.29) is 18.7 Å². The number of ether oxygens (including phenoxy) is 1. The number of ketones is 1. The van der Waals surface area contributed by atoms with Gasteiger partial charge in [0.25, 0.3) is 0 Å². The Labute approximate surface area is 94.4 Å². The molecule has 1 atom stereocenters. The maximum atomic E-state index is 13.4. The van der Waals surface area contributed by atoms with Gasteiger partial charge in [0.15, 0.2) is 5.78 Å². The molecule has 0 bridgehead atoms. The molecule has 88 valence electrons. The zero-order valence-electron chi connectivity index (χ0n) is 9.50. The summed E-state index contributed by atoms with van der Waals surface area (Å²) in [5.41, 5.74) is 6.00. The molecule has 2 N–H and O–H groups in total. The van der Waals surface area contributed by atoms with Gasteiger partial charge in [0, 0.05) is 12.0 Å². The fraction of sp³-hybridized carbons (Fsp3) is 0.417. The maximum absolute atomic E-state index is 13.4. The highest BCUT2D eigenvalue weighted by Gasteiger charge is 2.19. The van der Waals surface area contributed by atoms with Gasteiger partial charge in [0.1, 0.15) is 11.9 Å². The van der Waals surface area contributed by atoms with E-state index in [1.807, 2.05) is 0 Å². The molecular weight excluding hydrogens is 209 g/mol. The number of Topliss-reactive ketones (excluding diaryl/α,β-unsaturated/α-hetero) is 1. The first-order valence-corrected chi connectivity index (χ1v) is 5.16. The molecular formula is C12H16FNO2. The fourth-order valence-electron chi connectivity index (χ4n) is 1.60. The summed E-state index contributed by atoms with van der Waals surface area (Å²) in [6.45, 7) is 1.64. The average Bonchev–Trinajstić information content (AvgIpc) is 2.28. The van der Waals surface area contributed by atoms with Crippen molar-refractivity contribution < 1.29 is 13.9 Å². The summed E-state index contributed by atoms with van der Waals surface area (Å²) < 4.78 is 18.4. The molecule has 4 heteroatoms. The van der Waals surface area contributed by atoms with Crippen molar-refractivity contribution in [2.24, 2.45) is 5.73 Å². The van der Waals surface area contributed by atoms with Crippen LogP contribution in [0.1, 0.15) is 35.4 Å². The number of hydrogen-bond donors (Lipinski definition) is 1. The molecule has 1 aromatic rings. The third-order valence-electron chi connectivity index (χ3n) is 2.36. The smallest absolute Gasteiger partial charge is 0.168 e. The number of methoxy groups -OCH3 is 1. The second-order valence-corrected chi connectivity index (χ2v) is 3.50. The number of alkyl halides is 1. The highest BCUT2D eigenvalue weighted by atomic mass is 19.1. The number of hydrogen-bond acceptors (Lipinski definition) is 3. The number of carbonyl (C=O) groups is 1. The zero-order chi connectivity index (χ0) is 12.1. The molecule has 0 saturated carbocycles. The largest absolute Gasteiger partial charge is 0.496 e. The van der Waals surface area contributed by atoms with E-state index in [9.17, 15) is 9.18 Å². The number of nitrogens with two attached hydrogens (primary N) is 1. The minimum absolute atomic E-state index is 0.181. The first-order chi connectivity index (χ1) is 7.61. The Morgan fingerprint density at radius 1 is 1.56 bits per heavy atom. The standard InChI is InChI=1S/C12H16FNO2/c1-8(13)9-4-3-5-11(16-2)12(9)10(15)6-7-14/h3-5,8H,6-7,14H2,1-2H3. The number of rotatable bonds is 5. The van der Waals surface area contributed by atoms with Gasteiger partial charge in [-0.25, -0.2) is 4.39 Å². The Morgan fingerprint density at radius 3 is 2.75 bits per heavy atom. The van der Waals surface area contributed by atoms with Crippen LogP contribution in [0.2, 0.25) is 0 Å². The summed E-state index contributed by atoms with van der Waals surface area (Å²) in [7, 11) is 1.46. The quantitative estimate of drug-likeness (QED) is 0.782. The summed E-state index contributed by atoms with van der Waals surface area (Å²) in [6.07, 6.45) is -1.01. The molecule has 1 unspecified atom stereocenters. The lowest BCUT2D eigenvalue weighted by Gasteiger charge is -2.13. The summed E-state index contributed by atoms with van der Waals surface area (Å²) in [5, 5.41) is 0. The summed E-state index contributed by atoms with van der Waals surface area (Å²) >= 11 is 0. The van der Waals surface area contributed by atoms with E-state index in [2.05, 4.69) is 0 Å². The van der Waals surface area contributed by atoms with Crippen molar-refractivity contribution in [2.45, 2.75) is 19.5 Å². The highest BCUT2D eigenvalue weighted by Crippen LogP contribution is 2.29. The van der Waals surface area contributed by atoms with Gasteiger partial charge in [-0.2, -0.15) is 0 Å². The van der Waals surface area contributed by atoms with Crippen LogP contribution in [-0.2, 0) is 0 Å². The van der Waals surface area contributed by atoms with Gasteiger partial charge in [-0.3, -0.25) is 4.79 Å². The molecule has 0 saturated heterocycles. The Hall–Kier alpha value is -1.42. The molecule has 0 aliphatic rings. The Balaban J connectivity index is 3.24. The van der Waals surface area contributed by atoms with Crippen molar-refractivity contribution in [2.75, 3.05) is 13.7 Å². The van der Waals surface area contributed by atoms with E-state index in [0.29, 0.717) is 16.9 Å². The lowest BCUT2D eigenvalue weighted by Crippen LogP contribution is -2.12. The lowest BCUT2D eigenvalue weighted by atomic mass is 9.98. The highest BCUT2D eigenvalue weighted by molar-refractivity contribution is 6.00. The minimum Gasteiger partial charge on any atom is -0.496 e. The van der Waals surface area contributed by atoms with E-state index >= 15 is 0 Å². The molecule has 0 aromatic heterocycles. The van der Waals surface area contributed by atoms with Crippen LogP contribution in [0.3, 0.4) is 0 Å². The van der Waals surface area contributed by atoms with Crippen LogP contribution in [0.4, 0.5) is 4.39 Å². The van der Waals surface area contributed by atoms with Gasteiger partial charge in [-0.1, -0.05) is 12.1 Å². The molecule has 1 aromatic carbocycles. The lowest BCUT2D eigenvalue weighted by molar-refractivity contribution is 0.0979. The van der Waals surface area contributed by atoms with Gasteiger partial charge in [0.05, 0.1) is 12.7 Å². The molecule has 1 rings (SSSR count). The van der Waals surface area contributed by atoms with Gasteiger partial charge in [-0.05, 0) is 19.5 Å². The van der Waals surface area contributed by atoms with E-state index < -0.39 is 6.17 Å². The van der Waals surface area contributed by atoms with E-state index in [1.54, 1.807) is 18.2 Å². The monoisotopic (exact) mass is 225 g/mol. The first-order valence-electron chi connectivity index (χ1n) is 5.16. The molecule has 0 aliphatic heterocycles. The van der Waals surface area contributed by atoms with Crippen molar-refractivity contribution >= 4 is 5.78 Å². The van der Waals surface area contributed by atoms with Crippen molar-refractivity contribution in [3.8, 4) is 5.75 Å². The predicted octanol–water partition coefficient (Wildman–Crippen LogP) is 2.26. The molecule has 0 amide bonds. The van der Waals surface area contributed by atoms with Gasteiger partial charge < -0.3 is 10.5 Å². The zero-order valence-corrected chi connectivity index (χ0v) is 9.50. The Kier molecular flexibility index (Phi) is 4.43. The normalized spacial score (nSPS) is 12.2.